The predicted molar refractivity (Wildman–Crippen MR) is 148 cm³/mol. The van der Waals surface area contributed by atoms with Crippen molar-refractivity contribution in [3.63, 3.8) is 0 Å². The average Bonchev–Trinajstić information content (AvgIpc) is 3.50. The van der Waals surface area contributed by atoms with Crippen LogP contribution in [0.2, 0.25) is 0 Å². The second-order valence-corrected chi connectivity index (χ2v) is 12.8. The highest BCUT2D eigenvalue weighted by atomic mass is 32.3. The molecule has 11 nitrogen and oxygen atoms in total. The molecule has 0 aliphatic carbocycles. The zero-order chi connectivity index (χ0) is 27.1. The number of aromatic nitrogens is 6. The molecule has 0 fully saturated rings. The molecule has 0 saturated heterocycles. The van der Waals surface area contributed by atoms with Gasteiger partial charge in [0.05, 0.1) is 46.7 Å². The molecule has 1 aliphatic rings. The van der Waals surface area contributed by atoms with Gasteiger partial charge in [-0.25, -0.2) is 9.97 Å². The third kappa shape index (κ3) is 5.72. The topological polar surface area (TPSA) is 143 Å². The Morgan fingerprint density at radius 2 is 1.95 bits per heavy atom. The van der Waals surface area contributed by atoms with Gasteiger partial charge in [0.2, 0.25) is 0 Å². The van der Waals surface area contributed by atoms with Gasteiger partial charge in [0, 0.05) is 30.4 Å². The molecule has 5 rings (SSSR count). The van der Waals surface area contributed by atoms with Gasteiger partial charge in [0.15, 0.2) is 5.82 Å². The summed E-state index contributed by atoms with van der Waals surface area (Å²) in [5.74, 6) is 1.55. The van der Waals surface area contributed by atoms with E-state index in [1.54, 1.807) is 21.8 Å². The minimum atomic E-state index is -2.58. The first-order valence-electron chi connectivity index (χ1n) is 12.3. The van der Waals surface area contributed by atoms with E-state index < -0.39 is 10.6 Å². The summed E-state index contributed by atoms with van der Waals surface area (Å²) < 4.78 is 23.6. The van der Waals surface area contributed by atoms with Crippen molar-refractivity contribution in [2.45, 2.75) is 52.1 Å². The summed E-state index contributed by atoms with van der Waals surface area (Å²) in [6.07, 6.45) is 4.84. The molecule has 0 saturated carbocycles. The van der Waals surface area contributed by atoms with Crippen molar-refractivity contribution in [1.82, 2.24) is 34.8 Å². The van der Waals surface area contributed by atoms with Crippen molar-refractivity contribution < 1.29 is 13.9 Å². The number of hydrogen-bond acceptors (Lipinski definition) is 8. The summed E-state index contributed by atoms with van der Waals surface area (Å²) in [4.78, 5) is 21.4. The van der Waals surface area contributed by atoms with Gasteiger partial charge in [-0.3, -0.25) is 23.3 Å². The summed E-state index contributed by atoms with van der Waals surface area (Å²) >= 11 is 0. The Morgan fingerprint density at radius 3 is 2.68 bits per heavy atom. The molecule has 38 heavy (non-hydrogen) atoms. The van der Waals surface area contributed by atoms with Gasteiger partial charge in [0.1, 0.15) is 12.1 Å². The Hall–Kier alpha value is -3.74. The molecule has 0 radical (unpaired) electrons. The molecule has 12 heteroatoms. The molecule has 0 bridgehead atoms. The van der Waals surface area contributed by atoms with Crippen LogP contribution < -0.4 is 10.6 Å². The molecule has 1 aliphatic heterocycles. The van der Waals surface area contributed by atoms with E-state index in [-0.39, 0.29) is 17.2 Å². The van der Waals surface area contributed by atoms with Gasteiger partial charge in [-0.2, -0.15) is 20.8 Å². The van der Waals surface area contributed by atoms with Crippen LogP contribution in [-0.4, -0.2) is 50.3 Å². The minimum absolute atomic E-state index is 0.165. The Kier molecular flexibility index (Phi) is 6.72. The maximum Gasteiger partial charge on any atom is 0.254 e. The van der Waals surface area contributed by atoms with Crippen LogP contribution >= 0.6 is 10.6 Å². The SMILES string of the molecule is Cc1cc(-c2cc(Nc3cc4n(n3)CCS(O)(O)C4)ncn2)ccc1CNC(=O)c1cnn(C(C)(C)C)c1. The van der Waals surface area contributed by atoms with Crippen LogP contribution in [0.25, 0.3) is 11.3 Å². The monoisotopic (exact) mass is 536 g/mol. The number of rotatable bonds is 6. The molecule has 4 N–H and O–H groups in total. The van der Waals surface area contributed by atoms with Crippen LogP contribution in [0.4, 0.5) is 11.6 Å². The van der Waals surface area contributed by atoms with Gasteiger partial charge in [-0.1, -0.05) is 12.1 Å². The molecule has 1 aromatic carbocycles. The van der Waals surface area contributed by atoms with E-state index in [4.69, 9.17) is 0 Å². The van der Waals surface area contributed by atoms with E-state index >= 15 is 0 Å². The smallest absolute Gasteiger partial charge is 0.254 e. The quantitative estimate of drug-likeness (QED) is 0.281. The highest BCUT2D eigenvalue weighted by molar-refractivity contribution is 8.23. The highest BCUT2D eigenvalue weighted by Gasteiger charge is 2.24. The van der Waals surface area contributed by atoms with Gasteiger partial charge < -0.3 is 10.6 Å². The van der Waals surface area contributed by atoms with Gasteiger partial charge in [-0.15, -0.1) is 0 Å². The van der Waals surface area contributed by atoms with E-state index in [9.17, 15) is 13.9 Å². The molecule has 4 aromatic rings. The van der Waals surface area contributed by atoms with E-state index in [0.29, 0.717) is 36.0 Å². The van der Waals surface area contributed by atoms with Crippen molar-refractivity contribution in [2.75, 3.05) is 11.1 Å². The largest absolute Gasteiger partial charge is 0.348 e. The molecule has 200 valence electrons. The van der Waals surface area contributed by atoms with Crippen molar-refractivity contribution >= 4 is 28.1 Å². The molecule has 0 spiro atoms. The average molecular weight is 537 g/mol. The molecule has 3 aromatic heterocycles. The first-order valence-corrected chi connectivity index (χ1v) is 14.2. The standard InChI is InChI=1S/C26H32N8O3S/c1-17-9-18(5-6-19(17)12-27-25(35)20-13-30-34(14-20)26(2,3)4)22-11-23(29-16-28-22)31-24-10-21-15-38(36,37)8-7-33(21)32-24/h5-6,9-11,13-14,16,36-37H,7-8,12,15H2,1-4H3,(H,27,35)(H,28,29,31,32). The van der Waals surface area contributed by atoms with Crippen LogP contribution in [-0.2, 0) is 24.4 Å². The zero-order valence-corrected chi connectivity index (χ0v) is 22.7. The fourth-order valence-electron chi connectivity index (χ4n) is 4.22. The van der Waals surface area contributed by atoms with Gasteiger partial charge in [0.25, 0.3) is 5.91 Å². The second-order valence-electron chi connectivity index (χ2n) is 10.5. The Balaban J connectivity index is 1.25. The molecule has 0 atom stereocenters. The summed E-state index contributed by atoms with van der Waals surface area (Å²) in [7, 11) is -2.58. The second kappa shape index (κ2) is 9.86. The fraction of sp³-hybridized carbons (Fsp3) is 0.346. The number of hydrogen-bond donors (Lipinski definition) is 4. The van der Waals surface area contributed by atoms with Crippen molar-refractivity contribution in [3.05, 3.63) is 71.4 Å². The third-order valence-corrected chi connectivity index (χ3v) is 8.00. The molecular weight excluding hydrogens is 504 g/mol. The first-order chi connectivity index (χ1) is 18.0. The maximum absolute atomic E-state index is 12.6. The minimum Gasteiger partial charge on any atom is -0.348 e. The Labute approximate surface area is 222 Å². The molecule has 4 heterocycles. The lowest BCUT2D eigenvalue weighted by Gasteiger charge is -2.35. The van der Waals surface area contributed by atoms with Crippen molar-refractivity contribution in [3.8, 4) is 11.3 Å². The number of carbonyl (C=O) groups is 1. The zero-order valence-electron chi connectivity index (χ0n) is 21.8. The predicted octanol–water partition coefficient (Wildman–Crippen LogP) is 4.54. The summed E-state index contributed by atoms with van der Waals surface area (Å²) in [5, 5.41) is 15.0. The first kappa shape index (κ1) is 25.9. The van der Waals surface area contributed by atoms with Crippen molar-refractivity contribution in [2.24, 2.45) is 0 Å². The fourth-order valence-corrected chi connectivity index (χ4v) is 5.54. The number of aryl methyl sites for hydroxylation is 2. The van der Waals surface area contributed by atoms with Crippen LogP contribution in [0.1, 0.15) is 48.0 Å². The number of fused-ring (bicyclic) bond motifs is 1. The van der Waals surface area contributed by atoms with E-state index in [0.717, 1.165) is 28.1 Å². The number of benzene rings is 1. The van der Waals surface area contributed by atoms with E-state index in [2.05, 4.69) is 30.8 Å². The molecular formula is C26H32N8O3S. The normalized spacial score (nSPS) is 15.5. The Morgan fingerprint density at radius 1 is 1.13 bits per heavy atom. The van der Waals surface area contributed by atoms with Crippen LogP contribution in [0.5, 0.6) is 0 Å². The van der Waals surface area contributed by atoms with Gasteiger partial charge in [-0.05, 0) is 44.9 Å². The highest BCUT2D eigenvalue weighted by Crippen LogP contribution is 2.45. The summed E-state index contributed by atoms with van der Waals surface area (Å²) in [5.41, 5.74) is 4.83. The lowest BCUT2D eigenvalue weighted by molar-refractivity contribution is 0.0950. The number of amides is 1. The number of carbonyl (C=O) groups excluding carboxylic acids is 1. The van der Waals surface area contributed by atoms with Crippen LogP contribution in [0.3, 0.4) is 0 Å². The third-order valence-electron chi connectivity index (χ3n) is 6.41. The van der Waals surface area contributed by atoms with Crippen LogP contribution in [0, 0.1) is 6.92 Å². The summed E-state index contributed by atoms with van der Waals surface area (Å²) in [6, 6.07) is 9.65. The van der Waals surface area contributed by atoms with Gasteiger partial charge >= 0.3 is 0 Å². The Bertz CT molecular complexity index is 1490. The van der Waals surface area contributed by atoms with Crippen molar-refractivity contribution in [1.29, 1.82) is 0 Å². The lowest BCUT2D eigenvalue weighted by Crippen LogP contribution is -2.24. The lowest BCUT2D eigenvalue weighted by atomic mass is 10.0. The van der Waals surface area contributed by atoms with Crippen LogP contribution in [0.15, 0.2) is 49.1 Å². The maximum atomic E-state index is 12.6. The molecule has 1 amide bonds. The number of nitrogens with one attached hydrogen (secondary N) is 2. The summed E-state index contributed by atoms with van der Waals surface area (Å²) in [6.45, 7) is 8.98. The van der Waals surface area contributed by atoms with E-state index in [1.807, 2.05) is 58.0 Å². The van der Waals surface area contributed by atoms with E-state index in [1.165, 1.54) is 6.33 Å². The number of anilines is 2. The molecule has 0 unspecified atom stereocenters. The number of nitrogens with zero attached hydrogens (tertiary/aromatic N) is 6.